The Labute approximate surface area is 185 Å². The Morgan fingerprint density at radius 2 is 1.90 bits per heavy atom. The molecule has 1 aromatic heterocycles. The molecule has 7 nitrogen and oxygen atoms in total. The van der Waals surface area contributed by atoms with E-state index in [9.17, 15) is 5.11 Å². The number of nitrogens with zero attached hydrogens (tertiary/aromatic N) is 3. The van der Waals surface area contributed by atoms with E-state index in [4.69, 9.17) is 9.47 Å². The van der Waals surface area contributed by atoms with Gasteiger partial charge in [0.25, 0.3) is 0 Å². The third-order valence-electron chi connectivity index (χ3n) is 5.58. The normalized spacial score (nSPS) is 16.3. The number of likely N-dealkylation sites (tertiary alicyclic amines) is 1. The van der Waals surface area contributed by atoms with Crippen LogP contribution in [0.15, 0.2) is 36.8 Å². The topological polar surface area (TPSA) is 79.7 Å². The van der Waals surface area contributed by atoms with E-state index in [0.29, 0.717) is 18.0 Å². The minimum atomic E-state index is -0.516. The highest BCUT2D eigenvalue weighted by Crippen LogP contribution is 2.28. The first-order valence-electron chi connectivity index (χ1n) is 11.4. The number of β-amino-alcohol motifs (C(OH)–C–C–N with tert-alkyl or cyclic N) is 1. The van der Waals surface area contributed by atoms with Gasteiger partial charge in [0.1, 0.15) is 12.7 Å². The van der Waals surface area contributed by atoms with Crippen LogP contribution in [0.5, 0.6) is 11.5 Å². The van der Waals surface area contributed by atoms with Crippen LogP contribution in [0, 0.1) is 0 Å². The zero-order valence-electron chi connectivity index (χ0n) is 18.6. The maximum atomic E-state index is 10.5. The second kappa shape index (κ2) is 13.2. The van der Waals surface area contributed by atoms with Gasteiger partial charge in [0.05, 0.1) is 12.8 Å². The van der Waals surface area contributed by atoms with Crippen LogP contribution in [0.4, 0.5) is 0 Å². The Bertz CT molecular complexity index is 752. The van der Waals surface area contributed by atoms with Crippen LogP contribution in [0.2, 0.25) is 0 Å². The van der Waals surface area contributed by atoms with Gasteiger partial charge < -0.3 is 24.8 Å². The maximum Gasteiger partial charge on any atom is 0.161 e. The fourth-order valence-corrected chi connectivity index (χ4v) is 3.88. The van der Waals surface area contributed by atoms with Crippen LogP contribution in [0.25, 0.3) is 0 Å². The molecule has 0 aliphatic carbocycles. The predicted octanol–water partition coefficient (Wildman–Crippen LogP) is 2.82. The standard InChI is InChI=1S/C24H36N4O3/c1-30-23-8-7-20(16-25-10-9-21-17-26-11-12-27-21)15-24(23)31-19-22(29)18-28-13-5-3-2-4-6-14-28/h7-8,11-12,15,17,22,25,29H,2-6,9-10,13-14,16,18-19H2,1H3. The molecule has 1 atom stereocenters. The highest BCUT2D eigenvalue weighted by Gasteiger charge is 2.15. The molecule has 0 amide bonds. The first-order valence-corrected chi connectivity index (χ1v) is 11.4. The zero-order valence-corrected chi connectivity index (χ0v) is 18.6. The Hall–Kier alpha value is -2.22. The summed E-state index contributed by atoms with van der Waals surface area (Å²) in [7, 11) is 1.64. The molecule has 1 aromatic carbocycles. The number of ether oxygens (including phenoxy) is 2. The van der Waals surface area contributed by atoms with Gasteiger partial charge >= 0.3 is 0 Å². The number of rotatable bonds is 11. The fraction of sp³-hybridized carbons (Fsp3) is 0.583. The number of methoxy groups -OCH3 is 1. The van der Waals surface area contributed by atoms with Crippen LogP contribution >= 0.6 is 0 Å². The summed E-state index contributed by atoms with van der Waals surface area (Å²) in [4.78, 5) is 10.7. The van der Waals surface area contributed by atoms with Gasteiger partial charge in [0.2, 0.25) is 0 Å². The van der Waals surface area contributed by atoms with Crippen molar-refractivity contribution in [3.05, 3.63) is 48.0 Å². The van der Waals surface area contributed by atoms with Crippen molar-refractivity contribution in [1.82, 2.24) is 20.2 Å². The van der Waals surface area contributed by atoms with Crippen molar-refractivity contribution in [2.75, 3.05) is 39.9 Å². The van der Waals surface area contributed by atoms with Crippen LogP contribution in [0.1, 0.15) is 43.4 Å². The van der Waals surface area contributed by atoms with Gasteiger partial charge in [0.15, 0.2) is 11.5 Å². The van der Waals surface area contributed by atoms with Gasteiger partial charge in [-0.05, 0) is 43.6 Å². The van der Waals surface area contributed by atoms with Gasteiger partial charge in [-0.1, -0.05) is 25.3 Å². The zero-order chi connectivity index (χ0) is 21.7. The molecule has 0 spiro atoms. The quantitative estimate of drug-likeness (QED) is 0.533. The number of aliphatic hydroxyl groups excluding tert-OH is 1. The lowest BCUT2D eigenvalue weighted by molar-refractivity contribution is 0.0644. The molecular formula is C24H36N4O3. The summed E-state index contributed by atoms with van der Waals surface area (Å²) < 4.78 is 11.4. The first-order chi connectivity index (χ1) is 15.2. The van der Waals surface area contributed by atoms with Crippen LogP contribution in [-0.4, -0.2) is 66.0 Å². The Kier molecular flexibility index (Phi) is 10.0. The summed E-state index contributed by atoms with van der Waals surface area (Å²) in [6, 6.07) is 5.92. The van der Waals surface area contributed by atoms with Crippen molar-refractivity contribution in [3.63, 3.8) is 0 Å². The van der Waals surface area contributed by atoms with Crippen molar-refractivity contribution in [2.45, 2.75) is 51.2 Å². The third-order valence-corrected chi connectivity index (χ3v) is 5.58. The second-order valence-corrected chi connectivity index (χ2v) is 8.14. The van der Waals surface area contributed by atoms with E-state index in [0.717, 1.165) is 43.9 Å². The molecule has 1 fully saturated rings. The minimum absolute atomic E-state index is 0.260. The lowest BCUT2D eigenvalue weighted by Crippen LogP contribution is -2.37. The monoisotopic (exact) mass is 428 g/mol. The van der Waals surface area contributed by atoms with Crippen molar-refractivity contribution < 1.29 is 14.6 Å². The highest BCUT2D eigenvalue weighted by molar-refractivity contribution is 5.43. The predicted molar refractivity (Wildman–Crippen MR) is 121 cm³/mol. The van der Waals surface area contributed by atoms with Crippen LogP contribution < -0.4 is 14.8 Å². The molecule has 0 saturated carbocycles. The Balaban J connectivity index is 1.45. The Morgan fingerprint density at radius 1 is 1.10 bits per heavy atom. The highest BCUT2D eigenvalue weighted by atomic mass is 16.5. The smallest absolute Gasteiger partial charge is 0.161 e. The second-order valence-electron chi connectivity index (χ2n) is 8.14. The molecule has 0 radical (unpaired) electrons. The molecule has 1 aliphatic heterocycles. The number of benzene rings is 1. The molecule has 1 aliphatic rings. The molecule has 1 saturated heterocycles. The molecule has 2 heterocycles. The lowest BCUT2D eigenvalue weighted by Gasteiger charge is -2.26. The lowest BCUT2D eigenvalue weighted by atomic mass is 10.1. The number of nitrogens with one attached hydrogen (secondary N) is 1. The number of hydrogen-bond donors (Lipinski definition) is 2. The van der Waals surface area contributed by atoms with E-state index in [1.165, 1.54) is 32.1 Å². The molecule has 170 valence electrons. The third kappa shape index (κ3) is 8.44. The van der Waals surface area contributed by atoms with E-state index in [-0.39, 0.29) is 6.61 Å². The number of hydrogen-bond acceptors (Lipinski definition) is 7. The van der Waals surface area contributed by atoms with E-state index < -0.39 is 6.10 Å². The molecule has 3 rings (SSSR count). The van der Waals surface area contributed by atoms with Gasteiger partial charge in [-0.3, -0.25) is 9.97 Å². The van der Waals surface area contributed by atoms with E-state index >= 15 is 0 Å². The molecule has 7 heteroatoms. The molecule has 1 unspecified atom stereocenters. The summed E-state index contributed by atoms with van der Waals surface area (Å²) in [5.41, 5.74) is 2.08. The summed E-state index contributed by atoms with van der Waals surface area (Å²) in [5.74, 6) is 1.35. The molecule has 2 aromatic rings. The minimum Gasteiger partial charge on any atom is -0.493 e. The van der Waals surface area contributed by atoms with Crippen LogP contribution in [-0.2, 0) is 13.0 Å². The van der Waals surface area contributed by atoms with E-state index in [1.807, 2.05) is 18.2 Å². The molecule has 0 bridgehead atoms. The SMILES string of the molecule is COc1ccc(CNCCc2cnccn2)cc1OCC(O)CN1CCCCCCC1. The van der Waals surface area contributed by atoms with Gasteiger partial charge in [-0.2, -0.15) is 0 Å². The number of aliphatic hydroxyl groups is 1. The van der Waals surface area contributed by atoms with Crippen molar-refractivity contribution in [3.8, 4) is 11.5 Å². The average Bonchev–Trinajstić information content (AvgIpc) is 2.78. The summed E-state index contributed by atoms with van der Waals surface area (Å²) in [6.45, 7) is 4.58. The fourth-order valence-electron chi connectivity index (χ4n) is 3.88. The molecule has 31 heavy (non-hydrogen) atoms. The van der Waals surface area contributed by atoms with Gasteiger partial charge in [-0.25, -0.2) is 0 Å². The summed E-state index contributed by atoms with van der Waals surface area (Å²) >= 11 is 0. The molecular weight excluding hydrogens is 392 g/mol. The molecule has 2 N–H and O–H groups in total. The summed E-state index contributed by atoms with van der Waals surface area (Å²) in [6.07, 6.45) is 11.9. The first kappa shape index (κ1) is 23.4. The van der Waals surface area contributed by atoms with Crippen molar-refractivity contribution >= 4 is 0 Å². The van der Waals surface area contributed by atoms with Crippen LogP contribution in [0.3, 0.4) is 0 Å². The number of aromatic nitrogens is 2. The van der Waals surface area contributed by atoms with E-state index in [2.05, 4.69) is 20.2 Å². The van der Waals surface area contributed by atoms with Gasteiger partial charge in [-0.15, -0.1) is 0 Å². The maximum absolute atomic E-state index is 10.5. The Morgan fingerprint density at radius 3 is 2.65 bits per heavy atom. The largest absolute Gasteiger partial charge is 0.493 e. The van der Waals surface area contributed by atoms with E-state index in [1.54, 1.807) is 25.7 Å². The van der Waals surface area contributed by atoms with Crippen molar-refractivity contribution in [1.29, 1.82) is 0 Å². The van der Waals surface area contributed by atoms with Gasteiger partial charge in [0, 0.05) is 44.6 Å². The van der Waals surface area contributed by atoms with Crippen molar-refractivity contribution in [2.24, 2.45) is 0 Å². The average molecular weight is 429 g/mol. The summed E-state index contributed by atoms with van der Waals surface area (Å²) in [5, 5.41) is 13.9.